The average molecular weight is 366 g/mol. The van der Waals surface area contributed by atoms with Crippen molar-refractivity contribution >= 4 is 11.7 Å². The zero-order chi connectivity index (χ0) is 18.7. The third-order valence-corrected chi connectivity index (χ3v) is 5.74. The second-order valence-electron chi connectivity index (χ2n) is 7.45. The number of rotatable bonds is 5. The molecule has 27 heavy (non-hydrogen) atoms. The molecule has 0 unspecified atom stereocenters. The maximum Gasteiger partial charge on any atom is 0.252 e. The van der Waals surface area contributed by atoms with Crippen molar-refractivity contribution in [1.29, 1.82) is 0 Å². The summed E-state index contributed by atoms with van der Waals surface area (Å²) in [6.07, 6.45) is 2.78. The summed E-state index contributed by atoms with van der Waals surface area (Å²) >= 11 is 0. The van der Waals surface area contributed by atoms with Gasteiger partial charge in [0.05, 0.1) is 12.2 Å². The number of carbonyl (C=O) groups excluding carboxylic acids is 1. The monoisotopic (exact) mass is 366 g/mol. The van der Waals surface area contributed by atoms with Crippen molar-refractivity contribution in [3.63, 3.8) is 0 Å². The number of pyridine rings is 1. The van der Waals surface area contributed by atoms with Crippen molar-refractivity contribution in [3.05, 3.63) is 59.8 Å². The van der Waals surface area contributed by atoms with E-state index in [9.17, 15) is 4.79 Å². The quantitative estimate of drug-likeness (QED) is 0.871. The van der Waals surface area contributed by atoms with Gasteiger partial charge in [-0.2, -0.15) is 0 Å². The molecule has 2 aliphatic heterocycles. The molecule has 0 aliphatic carbocycles. The van der Waals surface area contributed by atoms with Crippen LogP contribution in [0, 0.1) is 0 Å². The summed E-state index contributed by atoms with van der Waals surface area (Å²) in [5.74, 6) is 0.276. The molecule has 2 fully saturated rings. The first-order chi connectivity index (χ1) is 13.2. The maximum absolute atomic E-state index is 11.7. The Bertz CT molecular complexity index is 782. The van der Waals surface area contributed by atoms with Crippen LogP contribution in [-0.4, -0.2) is 61.7 Å². The molecule has 1 aromatic carbocycles. The lowest BCUT2D eigenvalue weighted by Gasteiger charge is -2.40. The standard InChI is InChI=1S/C21H26N4O2/c22-19(26)18-7-4-9-23-20(18)25-12-10-24(11-13-25)15-21(8-14-27-16-21)17-5-2-1-3-6-17/h1-7,9H,8,10-16H2,(H2,22,26)/t21-/m0/s1. The molecule has 2 aromatic rings. The molecule has 4 rings (SSSR count). The Balaban J connectivity index is 1.45. The third-order valence-electron chi connectivity index (χ3n) is 5.74. The van der Waals surface area contributed by atoms with E-state index in [1.165, 1.54) is 5.56 Å². The predicted molar refractivity (Wildman–Crippen MR) is 105 cm³/mol. The van der Waals surface area contributed by atoms with Crippen LogP contribution >= 0.6 is 0 Å². The van der Waals surface area contributed by atoms with Gasteiger partial charge >= 0.3 is 0 Å². The number of aromatic nitrogens is 1. The largest absolute Gasteiger partial charge is 0.380 e. The van der Waals surface area contributed by atoms with Gasteiger partial charge in [-0.1, -0.05) is 30.3 Å². The Kier molecular flexibility index (Phi) is 5.09. The molecular formula is C21H26N4O2. The van der Waals surface area contributed by atoms with Crippen LogP contribution in [0.3, 0.4) is 0 Å². The van der Waals surface area contributed by atoms with Crippen molar-refractivity contribution in [2.24, 2.45) is 5.73 Å². The zero-order valence-corrected chi connectivity index (χ0v) is 15.5. The van der Waals surface area contributed by atoms with E-state index in [1.54, 1.807) is 18.3 Å². The molecule has 2 aliphatic rings. The molecule has 0 saturated carbocycles. The number of nitrogens with zero attached hydrogens (tertiary/aromatic N) is 3. The number of carbonyl (C=O) groups is 1. The smallest absolute Gasteiger partial charge is 0.252 e. The number of primary amides is 1. The lowest BCUT2D eigenvalue weighted by Crippen LogP contribution is -2.51. The molecule has 3 heterocycles. The number of ether oxygens (including phenoxy) is 1. The first-order valence-electron chi connectivity index (χ1n) is 9.53. The Morgan fingerprint density at radius 1 is 1.11 bits per heavy atom. The highest BCUT2D eigenvalue weighted by Gasteiger charge is 2.39. The van der Waals surface area contributed by atoms with E-state index in [0.29, 0.717) is 11.4 Å². The number of hydrogen-bond acceptors (Lipinski definition) is 5. The van der Waals surface area contributed by atoms with Crippen LogP contribution < -0.4 is 10.6 Å². The van der Waals surface area contributed by atoms with Crippen molar-refractivity contribution in [1.82, 2.24) is 9.88 Å². The Labute approximate surface area is 159 Å². The summed E-state index contributed by atoms with van der Waals surface area (Å²) in [5.41, 5.74) is 7.45. The fourth-order valence-corrected chi connectivity index (χ4v) is 4.23. The van der Waals surface area contributed by atoms with Crippen molar-refractivity contribution in [2.75, 3.05) is 50.8 Å². The second-order valence-corrected chi connectivity index (χ2v) is 7.45. The summed E-state index contributed by atoms with van der Waals surface area (Å²) in [6, 6.07) is 14.2. The molecule has 0 bridgehead atoms. The molecule has 1 amide bonds. The van der Waals surface area contributed by atoms with Crippen molar-refractivity contribution in [3.8, 4) is 0 Å². The van der Waals surface area contributed by atoms with Gasteiger partial charge in [0.15, 0.2) is 0 Å². The van der Waals surface area contributed by atoms with Crippen molar-refractivity contribution < 1.29 is 9.53 Å². The van der Waals surface area contributed by atoms with E-state index >= 15 is 0 Å². The lowest BCUT2D eigenvalue weighted by atomic mass is 9.79. The SMILES string of the molecule is NC(=O)c1cccnc1N1CCN(C[C@@]2(c3ccccc3)CCOC2)CC1. The summed E-state index contributed by atoms with van der Waals surface area (Å²) in [6.45, 7) is 6.14. The first kappa shape index (κ1) is 17.9. The minimum atomic E-state index is -0.424. The van der Waals surface area contributed by atoms with Gasteiger partial charge < -0.3 is 15.4 Å². The van der Waals surface area contributed by atoms with E-state index in [1.807, 2.05) is 0 Å². The minimum Gasteiger partial charge on any atom is -0.380 e. The molecule has 0 spiro atoms. The van der Waals surface area contributed by atoms with Gasteiger partial charge in [0.2, 0.25) is 0 Å². The highest BCUT2D eigenvalue weighted by molar-refractivity contribution is 5.97. The Hall–Kier alpha value is -2.44. The molecule has 142 valence electrons. The molecule has 2 saturated heterocycles. The predicted octanol–water partition coefficient (Wildman–Crippen LogP) is 1.66. The van der Waals surface area contributed by atoms with E-state index in [0.717, 1.165) is 52.4 Å². The maximum atomic E-state index is 11.7. The summed E-state index contributed by atoms with van der Waals surface area (Å²) < 4.78 is 5.79. The van der Waals surface area contributed by atoms with Crippen LogP contribution in [0.15, 0.2) is 48.7 Å². The van der Waals surface area contributed by atoms with E-state index in [2.05, 4.69) is 45.1 Å². The highest BCUT2D eigenvalue weighted by Crippen LogP contribution is 2.34. The topological polar surface area (TPSA) is 71.7 Å². The van der Waals surface area contributed by atoms with Crippen LogP contribution in [0.1, 0.15) is 22.3 Å². The third kappa shape index (κ3) is 3.68. The molecule has 6 nitrogen and oxygen atoms in total. The molecule has 1 atom stereocenters. The lowest BCUT2D eigenvalue weighted by molar-refractivity contribution is 0.1000. The number of anilines is 1. The van der Waals surface area contributed by atoms with Crippen LogP contribution in [0.4, 0.5) is 5.82 Å². The fraction of sp³-hybridized carbons (Fsp3) is 0.429. The van der Waals surface area contributed by atoms with Gasteiger partial charge in [0.1, 0.15) is 5.82 Å². The number of amides is 1. The molecule has 2 N–H and O–H groups in total. The van der Waals surface area contributed by atoms with E-state index in [-0.39, 0.29) is 5.41 Å². The van der Waals surface area contributed by atoms with Gasteiger partial charge in [-0.15, -0.1) is 0 Å². The highest BCUT2D eigenvalue weighted by atomic mass is 16.5. The number of piperazine rings is 1. The molecule has 1 aromatic heterocycles. The van der Waals surface area contributed by atoms with Gasteiger partial charge in [0, 0.05) is 50.9 Å². The van der Waals surface area contributed by atoms with Gasteiger partial charge in [0.25, 0.3) is 5.91 Å². The van der Waals surface area contributed by atoms with Crippen LogP contribution in [0.25, 0.3) is 0 Å². The van der Waals surface area contributed by atoms with Crippen LogP contribution in [-0.2, 0) is 10.2 Å². The van der Waals surface area contributed by atoms with E-state index < -0.39 is 5.91 Å². The summed E-state index contributed by atoms with van der Waals surface area (Å²) in [7, 11) is 0. The zero-order valence-electron chi connectivity index (χ0n) is 15.5. The van der Waals surface area contributed by atoms with Gasteiger partial charge in [-0.25, -0.2) is 4.98 Å². The second kappa shape index (κ2) is 7.66. The average Bonchev–Trinajstić information content (AvgIpc) is 3.19. The van der Waals surface area contributed by atoms with Gasteiger partial charge in [-0.05, 0) is 24.1 Å². The summed E-state index contributed by atoms with van der Waals surface area (Å²) in [5, 5.41) is 0. The number of benzene rings is 1. The normalized spacial score (nSPS) is 23.5. The fourth-order valence-electron chi connectivity index (χ4n) is 4.23. The summed E-state index contributed by atoms with van der Waals surface area (Å²) in [4.78, 5) is 20.8. The minimum absolute atomic E-state index is 0.0762. The Morgan fingerprint density at radius 2 is 1.89 bits per heavy atom. The number of nitrogens with two attached hydrogens (primary N) is 1. The van der Waals surface area contributed by atoms with Gasteiger partial charge in [-0.3, -0.25) is 9.69 Å². The van der Waals surface area contributed by atoms with E-state index in [4.69, 9.17) is 10.5 Å². The number of hydrogen-bond donors (Lipinski definition) is 1. The molecular weight excluding hydrogens is 340 g/mol. The Morgan fingerprint density at radius 3 is 2.56 bits per heavy atom. The van der Waals surface area contributed by atoms with Crippen LogP contribution in [0.5, 0.6) is 0 Å². The molecule has 0 radical (unpaired) electrons. The molecule has 6 heteroatoms. The van der Waals surface area contributed by atoms with Crippen LogP contribution in [0.2, 0.25) is 0 Å². The van der Waals surface area contributed by atoms with Crippen molar-refractivity contribution in [2.45, 2.75) is 11.8 Å². The first-order valence-corrected chi connectivity index (χ1v) is 9.53.